The van der Waals surface area contributed by atoms with E-state index in [1.165, 1.54) is 16.3 Å². The maximum Gasteiger partial charge on any atom is 0.124 e. The van der Waals surface area contributed by atoms with Crippen LogP contribution >= 0.6 is 31.9 Å². The quantitative estimate of drug-likeness (QED) is 0.536. The van der Waals surface area contributed by atoms with Gasteiger partial charge < -0.3 is 4.74 Å². The van der Waals surface area contributed by atoms with Crippen molar-refractivity contribution in [2.45, 2.75) is 11.9 Å². The number of alkyl halides is 1. The molecule has 0 radical (unpaired) electrons. The molecule has 0 aliphatic carbocycles. The van der Waals surface area contributed by atoms with E-state index in [0.29, 0.717) is 6.61 Å². The van der Waals surface area contributed by atoms with E-state index in [0.717, 1.165) is 21.1 Å². The molecule has 1 aromatic heterocycles. The van der Waals surface area contributed by atoms with Crippen LogP contribution < -0.4 is 4.74 Å². The van der Waals surface area contributed by atoms with Crippen LogP contribution in [-0.2, 0) is 11.9 Å². The Kier molecular flexibility index (Phi) is 4.56. The Balaban J connectivity index is 1.90. The Morgan fingerprint density at radius 2 is 1.90 bits per heavy atom. The minimum Gasteiger partial charge on any atom is -0.489 e. The van der Waals surface area contributed by atoms with Gasteiger partial charge >= 0.3 is 0 Å². The van der Waals surface area contributed by atoms with E-state index >= 15 is 0 Å². The van der Waals surface area contributed by atoms with E-state index in [1.54, 1.807) is 6.20 Å². The molecular weight excluding hydrogens is 394 g/mol. The van der Waals surface area contributed by atoms with Crippen molar-refractivity contribution in [3.05, 3.63) is 70.5 Å². The molecule has 0 N–H and O–H groups in total. The summed E-state index contributed by atoms with van der Waals surface area (Å²) in [4.78, 5) is 4.15. The van der Waals surface area contributed by atoms with E-state index in [1.807, 2.05) is 24.4 Å². The zero-order valence-corrected chi connectivity index (χ0v) is 14.4. The second kappa shape index (κ2) is 6.58. The third kappa shape index (κ3) is 3.27. The van der Waals surface area contributed by atoms with E-state index in [-0.39, 0.29) is 0 Å². The summed E-state index contributed by atoms with van der Waals surface area (Å²) in [5, 5.41) is 3.21. The van der Waals surface area contributed by atoms with Crippen LogP contribution in [0.5, 0.6) is 5.75 Å². The molecule has 0 saturated heterocycles. The van der Waals surface area contributed by atoms with Crippen molar-refractivity contribution in [2.24, 2.45) is 0 Å². The normalized spacial score (nSPS) is 10.8. The van der Waals surface area contributed by atoms with Gasteiger partial charge in [0.05, 0.1) is 0 Å². The molecule has 3 rings (SSSR count). The van der Waals surface area contributed by atoms with Crippen molar-refractivity contribution < 1.29 is 4.74 Å². The van der Waals surface area contributed by atoms with Gasteiger partial charge in [-0.05, 0) is 38.8 Å². The minimum atomic E-state index is 0.505. The fraction of sp³-hybridized carbons (Fsp3) is 0.118. The predicted octanol–water partition coefficient (Wildman–Crippen LogP) is 5.47. The molecular formula is C17H13Br2NO. The van der Waals surface area contributed by atoms with Crippen molar-refractivity contribution in [1.82, 2.24) is 4.98 Å². The van der Waals surface area contributed by atoms with E-state index in [2.05, 4.69) is 61.1 Å². The van der Waals surface area contributed by atoms with Gasteiger partial charge in [0.2, 0.25) is 0 Å². The number of fused-ring (bicyclic) bond motifs is 1. The predicted molar refractivity (Wildman–Crippen MR) is 92.8 cm³/mol. The molecule has 0 aliphatic rings. The van der Waals surface area contributed by atoms with Crippen LogP contribution in [0, 0.1) is 0 Å². The summed E-state index contributed by atoms with van der Waals surface area (Å²) in [5.74, 6) is 0.908. The molecule has 0 bridgehead atoms. The monoisotopic (exact) mass is 405 g/mol. The Morgan fingerprint density at radius 1 is 1.05 bits per heavy atom. The lowest BCUT2D eigenvalue weighted by Gasteiger charge is -2.13. The Morgan fingerprint density at radius 3 is 2.71 bits per heavy atom. The van der Waals surface area contributed by atoms with Crippen LogP contribution in [0.15, 0.2) is 59.3 Å². The average Bonchev–Trinajstić information content (AvgIpc) is 2.52. The van der Waals surface area contributed by atoms with Gasteiger partial charge in [0.1, 0.15) is 12.4 Å². The SMILES string of the molecule is BrCc1c(OCc2cncc(Br)c2)ccc2ccccc12. The van der Waals surface area contributed by atoms with Gasteiger partial charge in [-0.25, -0.2) is 0 Å². The number of aromatic nitrogens is 1. The number of benzene rings is 2. The van der Waals surface area contributed by atoms with Crippen molar-refractivity contribution in [1.29, 1.82) is 0 Å². The lowest BCUT2D eigenvalue weighted by atomic mass is 10.0. The smallest absolute Gasteiger partial charge is 0.124 e. The first-order valence-corrected chi connectivity index (χ1v) is 8.48. The maximum absolute atomic E-state index is 5.99. The van der Waals surface area contributed by atoms with Gasteiger partial charge in [-0.2, -0.15) is 0 Å². The van der Waals surface area contributed by atoms with Gasteiger partial charge in [-0.15, -0.1) is 0 Å². The topological polar surface area (TPSA) is 22.1 Å². The summed E-state index contributed by atoms with van der Waals surface area (Å²) in [5.41, 5.74) is 2.22. The number of halogens is 2. The molecule has 0 atom stereocenters. The molecule has 2 aromatic carbocycles. The summed E-state index contributed by atoms with van der Waals surface area (Å²) < 4.78 is 6.95. The molecule has 106 valence electrons. The highest BCUT2D eigenvalue weighted by molar-refractivity contribution is 9.10. The van der Waals surface area contributed by atoms with Crippen molar-refractivity contribution in [3.63, 3.8) is 0 Å². The highest BCUT2D eigenvalue weighted by Gasteiger charge is 2.08. The fourth-order valence-corrected chi connectivity index (χ4v) is 3.28. The third-order valence-corrected chi connectivity index (χ3v) is 4.28. The zero-order valence-electron chi connectivity index (χ0n) is 11.2. The molecule has 21 heavy (non-hydrogen) atoms. The lowest BCUT2D eigenvalue weighted by molar-refractivity contribution is 0.304. The van der Waals surface area contributed by atoms with Crippen LogP contribution in [0.25, 0.3) is 10.8 Å². The Labute approximate surface area is 140 Å². The van der Waals surface area contributed by atoms with Crippen LogP contribution in [0.1, 0.15) is 11.1 Å². The standard InChI is InChI=1S/C17H13Br2NO/c18-8-16-15-4-2-1-3-13(15)5-6-17(16)21-11-12-7-14(19)10-20-9-12/h1-7,9-10H,8,11H2. The Hall–Kier alpha value is -1.39. The first-order chi connectivity index (χ1) is 10.3. The fourth-order valence-electron chi connectivity index (χ4n) is 2.28. The second-order valence-corrected chi connectivity index (χ2v) is 6.17. The highest BCUT2D eigenvalue weighted by Crippen LogP contribution is 2.30. The van der Waals surface area contributed by atoms with Gasteiger partial charge in [0, 0.05) is 33.3 Å². The van der Waals surface area contributed by atoms with Crippen molar-refractivity contribution in [2.75, 3.05) is 0 Å². The summed E-state index contributed by atoms with van der Waals surface area (Å²) in [6, 6.07) is 14.5. The Bertz CT molecular complexity index is 774. The van der Waals surface area contributed by atoms with Gasteiger partial charge in [-0.1, -0.05) is 46.3 Å². The van der Waals surface area contributed by atoms with E-state index in [4.69, 9.17) is 4.74 Å². The van der Waals surface area contributed by atoms with Gasteiger partial charge in [-0.3, -0.25) is 4.98 Å². The van der Waals surface area contributed by atoms with Gasteiger partial charge in [0.15, 0.2) is 0 Å². The summed E-state index contributed by atoms with van der Waals surface area (Å²) in [6.07, 6.45) is 3.59. The lowest BCUT2D eigenvalue weighted by Crippen LogP contribution is -1.99. The van der Waals surface area contributed by atoms with Crippen LogP contribution in [0.2, 0.25) is 0 Å². The number of nitrogens with zero attached hydrogens (tertiary/aromatic N) is 1. The molecule has 3 aromatic rings. The number of ether oxygens (including phenoxy) is 1. The molecule has 0 saturated carbocycles. The summed E-state index contributed by atoms with van der Waals surface area (Å²) in [6.45, 7) is 0.505. The number of pyridine rings is 1. The maximum atomic E-state index is 5.99. The number of hydrogen-bond donors (Lipinski definition) is 0. The van der Waals surface area contributed by atoms with Crippen LogP contribution in [0.3, 0.4) is 0 Å². The van der Waals surface area contributed by atoms with Crippen molar-refractivity contribution in [3.8, 4) is 5.75 Å². The van der Waals surface area contributed by atoms with Crippen LogP contribution in [-0.4, -0.2) is 4.98 Å². The molecule has 0 aliphatic heterocycles. The minimum absolute atomic E-state index is 0.505. The van der Waals surface area contributed by atoms with E-state index in [9.17, 15) is 0 Å². The van der Waals surface area contributed by atoms with Gasteiger partial charge in [0.25, 0.3) is 0 Å². The largest absolute Gasteiger partial charge is 0.489 e. The molecule has 0 spiro atoms. The number of hydrogen-bond acceptors (Lipinski definition) is 2. The average molecular weight is 407 g/mol. The highest BCUT2D eigenvalue weighted by atomic mass is 79.9. The second-order valence-electron chi connectivity index (χ2n) is 4.70. The van der Waals surface area contributed by atoms with E-state index < -0.39 is 0 Å². The summed E-state index contributed by atoms with van der Waals surface area (Å²) in [7, 11) is 0. The van der Waals surface area contributed by atoms with Crippen molar-refractivity contribution >= 4 is 42.6 Å². The summed E-state index contributed by atoms with van der Waals surface area (Å²) >= 11 is 6.99. The molecule has 0 unspecified atom stereocenters. The first kappa shape index (κ1) is 14.5. The third-order valence-electron chi connectivity index (χ3n) is 3.29. The molecule has 0 amide bonds. The first-order valence-electron chi connectivity index (χ1n) is 6.57. The zero-order chi connectivity index (χ0) is 14.7. The number of rotatable bonds is 4. The van der Waals surface area contributed by atoms with Crippen LogP contribution in [0.4, 0.5) is 0 Å². The molecule has 4 heteroatoms. The molecule has 2 nitrogen and oxygen atoms in total. The molecule has 0 fully saturated rings. The molecule has 1 heterocycles.